The summed E-state index contributed by atoms with van der Waals surface area (Å²) >= 11 is 5.83. The maximum Gasteiger partial charge on any atom is 0.341 e. The van der Waals surface area contributed by atoms with Gasteiger partial charge in [-0.2, -0.15) is 10.2 Å². The predicted octanol–water partition coefficient (Wildman–Crippen LogP) is 2.77. The van der Waals surface area contributed by atoms with Crippen LogP contribution in [0.25, 0.3) is 11.3 Å². The first-order valence-corrected chi connectivity index (χ1v) is 9.41. The number of rotatable bonds is 3. The summed E-state index contributed by atoms with van der Waals surface area (Å²) in [7, 11) is 0. The fraction of sp³-hybridized carbons (Fsp3) is 0. The topological polar surface area (TPSA) is 147 Å². The van der Waals surface area contributed by atoms with Gasteiger partial charge >= 0.3 is 5.97 Å². The van der Waals surface area contributed by atoms with Gasteiger partial charge in [0.15, 0.2) is 11.3 Å². The van der Waals surface area contributed by atoms with E-state index in [1.807, 2.05) is 0 Å². The second-order valence-corrected chi connectivity index (χ2v) is 6.75. The molecule has 0 atom stereocenters. The van der Waals surface area contributed by atoms with Crippen molar-refractivity contribution in [2.75, 3.05) is 5.32 Å². The Labute approximate surface area is 184 Å². The number of aromatic nitrogens is 6. The molecule has 0 aliphatic heterocycles. The van der Waals surface area contributed by atoms with E-state index in [1.165, 1.54) is 45.8 Å². The van der Waals surface area contributed by atoms with Crippen molar-refractivity contribution in [3.05, 3.63) is 83.7 Å². The van der Waals surface area contributed by atoms with Crippen LogP contribution in [0.3, 0.4) is 0 Å². The van der Waals surface area contributed by atoms with Crippen LogP contribution in [0.4, 0.5) is 5.69 Å². The van der Waals surface area contributed by atoms with E-state index >= 15 is 0 Å². The number of hydrogen-bond acceptors (Lipinski definition) is 7. The summed E-state index contributed by atoms with van der Waals surface area (Å²) < 4.78 is 2.91. The Bertz CT molecular complexity index is 1450. The summed E-state index contributed by atoms with van der Waals surface area (Å²) in [6.45, 7) is 0. The first kappa shape index (κ1) is 20.8. The van der Waals surface area contributed by atoms with Crippen LogP contribution in [0.5, 0.6) is 5.75 Å². The van der Waals surface area contributed by atoms with E-state index in [0.29, 0.717) is 21.9 Å². The number of phenolic OH excluding ortho intramolecular Hbond substituents is 1. The summed E-state index contributed by atoms with van der Waals surface area (Å²) in [4.78, 5) is 30.8. The quantitative estimate of drug-likeness (QED) is 0.355. The Morgan fingerprint density at radius 2 is 1.53 bits per heavy atom. The number of anilines is 1. The molecule has 5 rings (SSSR count). The first-order valence-electron chi connectivity index (χ1n) is 9.04. The van der Waals surface area contributed by atoms with Gasteiger partial charge in [-0.15, -0.1) is 0 Å². The molecular formula is C20H14ClN7O4. The fourth-order valence-electron chi connectivity index (χ4n) is 2.76. The third kappa shape index (κ3) is 4.18. The number of nitrogens with zero attached hydrogens (tertiary/aromatic N) is 6. The van der Waals surface area contributed by atoms with E-state index in [1.54, 1.807) is 30.7 Å². The summed E-state index contributed by atoms with van der Waals surface area (Å²) in [6.07, 6.45) is 9.14. The van der Waals surface area contributed by atoms with Crippen molar-refractivity contribution in [1.82, 2.24) is 29.2 Å². The van der Waals surface area contributed by atoms with Crippen molar-refractivity contribution in [3.8, 4) is 5.75 Å². The van der Waals surface area contributed by atoms with Crippen molar-refractivity contribution >= 4 is 40.5 Å². The maximum absolute atomic E-state index is 12.2. The summed E-state index contributed by atoms with van der Waals surface area (Å²) in [5.74, 6) is -1.49. The molecule has 0 radical (unpaired) electrons. The number of phenols is 1. The highest BCUT2D eigenvalue weighted by Crippen LogP contribution is 2.27. The number of carbonyl (C=O) groups is 2. The predicted molar refractivity (Wildman–Crippen MR) is 114 cm³/mol. The van der Waals surface area contributed by atoms with Crippen molar-refractivity contribution in [1.29, 1.82) is 0 Å². The van der Waals surface area contributed by atoms with Gasteiger partial charge in [-0.1, -0.05) is 11.6 Å². The number of carboxylic acid groups (broad SMARTS) is 1. The minimum absolute atomic E-state index is 0.0628. The molecule has 4 aromatic heterocycles. The second kappa shape index (κ2) is 8.70. The lowest BCUT2D eigenvalue weighted by Crippen LogP contribution is -2.12. The van der Waals surface area contributed by atoms with E-state index < -0.39 is 11.9 Å². The van der Waals surface area contributed by atoms with Crippen LogP contribution in [-0.4, -0.2) is 51.3 Å². The number of nitrogens with one attached hydrogen (secondary N) is 1. The summed E-state index contributed by atoms with van der Waals surface area (Å²) in [5, 5.41) is 29.2. The summed E-state index contributed by atoms with van der Waals surface area (Å²) in [5.41, 5.74) is 1.47. The smallest absolute Gasteiger partial charge is 0.341 e. The lowest BCUT2D eigenvalue weighted by Gasteiger charge is -2.06. The van der Waals surface area contributed by atoms with E-state index in [0.717, 1.165) is 0 Å². The highest BCUT2D eigenvalue weighted by molar-refractivity contribution is 6.31. The van der Waals surface area contributed by atoms with Gasteiger partial charge in [0.25, 0.3) is 5.91 Å². The van der Waals surface area contributed by atoms with Crippen LogP contribution in [0.1, 0.15) is 20.7 Å². The molecule has 4 heterocycles. The molecule has 12 heteroatoms. The van der Waals surface area contributed by atoms with E-state index in [9.17, 15) is 14.7 Å². The zero-order valence-electron chi connectivity index (χ0n) is 16.1. The van der Waals surface area contributed by atoms with Crippen LogP contribution in [0.15, 0.2) is 67.5 Å². The van der Waals surface area contributed by atoms with Gasteiger partial charge < -0.3 is 15.5 Å². The number of hydrogen-bond donors (Lipinski definition) is 3. The lowest BCUT2D eigenvalue weighted by molar-refractivity contribution is 0.0698. The molecule has 32 heavy (non-hydrogen) atoms. The average molecular weight is 452 g/mol. The van der Waals surface area contributed by atoms with Gasteiger partial charge in [0, 0.05) is 29.8 Å². The Balaban J connectivity index is 0.000000174. The third-order valence-corrected chi connectivity index (χ3v) is 4.48. The molecule has 0 saturated carbocycles. The van der Waals surface area contributed by atoms with E-state index in [-0.39, 0.29) is 17.0 Å². The van der Waals surface area contributed by atoms with Crippen molar-refractivity contribution in [2.45, 2.75) is 0 Å². The summed E-state index contributed by atoms with van der Waals surface area (Å²) in [6, 6.07) is 7.81. The molecule has 0 saturated heterocycles. The zero-order valence-corrected chi connectivity index (χ0v) is 16.9. The number of carboxylic acids is 1. The molecule has 5 aromatic rings. The van der Waals surface area contributed by atoms with Gasteiger partial charge in [-0.05, 0) is 30.3 Å². The Hall–Kier alpha value is -4.51. The number of benzene rings is 1. The van der Waals surface area contributed by atoms with Gasteiger partial charge in [0.05, 0.1) is 18.1 Å². The first-order chi connectivity index (χ1) is 15.4. The number of amides is 1. The number of fused-ring (bicyclic) bond motifs is 2. The highest BCUT2D eigenvalue weighted by atomic mass is 35.5. The van der Waals surface area contributed by atoms with Crippen molar-refractivity contribution in [3.63, 3.8) is 0 Å². The SMILES string of the molecule is O=C(Nc1cc(Cl)ccc1O)c1cnn2cccnc12.O=C(O)c1cnn2cccnc12. The van der Waals surface area contributed by atoms with Gasteiger partial charge in [0.2, 0.25) is 0 Å². The highest BCUT2D eigenvalue weighted by Gasteiger charge is 2.15. The number of aromatic hydroxyl groups is 1. The largest absolute Gasteiger partial charge is 0.506 e. The number of carbonyl (C=O) groups excluding carboxylic acids is 1. The molecule has 1 amide bonds. The van der Waals surface area contributed by atoms with Crippen molar-refractivity contribution < 1.29 is 19.8 Å². The molecule has 0 bridgehead atoms. The zero-order chi connectivity index (χ0) is 22.7. The molecule has 0 fully saturated rings. The Morgan fingerprint density at radius 1 is 0.938 bits per heavy atom. The molecule has 11 nitrogen and oxygen atoms in total. The minimum Gasteiger partial charge on any atom is -0.506 e. The number of aromatic carboxylic acids is 1. The van der Waals surface area contributed by atoms with Crippen LogP contribution in [-0.2, 0) is 0 Å². The van der Waals surface area contributed by atoms with Gasteiger partial charge in [-0.3, -0.25) is 4.79 Å². The third-order valence-electron chi connectivity index (χ3n) is 4.24. The normalized spacial score (nSPS) is 10.5. The molecular weight excluding hydrogens is 438 g/mol. The molecule has 1 aromatic carbocycles. The van der Waals surface area contributed by atoms with Crippen LogP contribution in [0, 0.1) is 0 Å². The average Bonchev–Trinajstić information content (AvgIpc) is 3.41. The number of halogens is 1. The van der Waals surface area contributed by atoms with E-state index in [4.69, 9.17) is 16.7 Å². The Morgan fingerprint density at radius 3 is 2.16 bits per heavy atom. The molecule has 160 valence electrons. The minimum atomic E-state index is -1.01. The molecule has 0 spiro atoms. The molecule has 3 N–H and O–H groups in total. The van der Waals surface area contributed by atoms with Gasteiger partial charge in [-0.25, -0.2) is 23.8 Å². The van der Waals surface area contributed by atoms with Gasteiger partial charge in [0.1, 0.15) is 16.9 Å². The van der Waals surface area contributed by atoms with E-state index in [2.05, 4.69) is 25.5 Å². The molecule has 0 aliphatic rings. The monoisotopic (exact) mass is 451 g/mol. The standard InChI is InChI=1S/C13H9ClN4O2.C7H5N3O2/c14-8-2-3-11(19)10(6-8)17-13(20)9-7-16-18-5-1-4-15-12(9)18;11-7(12)5-4-9-10-3-1-2-8-6(5)10/h1-7,19H,(H,17,20);1-4H,(H,11,12). The Kier molecular flexibility index (Phi) is 5.64. The van der Waals surface area contributed by atoms with Crippen molar-refractivity contribution in [2.24, 2.45) is 0 Å². The van der Waals surface area contributed by atoms with Crippen LogP contribution < -0.4 is 5.32 Å². The van der Waals surface area contributed by atoms with Crippen LogP contribution in [0.2, 0.25) is 5.02 Å². The second-order valence-electron chi connectivity index (χ2n) is 6.31. The van der Waals surface area contributed by atoms with Crippen LogP contribution >= 0.6 is 11.6 Å². The lowest BCUT2D eigenvalue weighted by atomic mass is 10.2. The molecule has 0 aliphatic carbocycles. The maximum atomic E-state index is 12.2. The fourth-order valence-corrected chi connectivity index (χ4v) is 2.94. The molecule has 0 unspecified atom stereocenters.